The highest BCUT2D eigenvalue weighted by molar-refractivity contribution is 6.04. The van der Waals surface area contributed by atoms with Crippen LogP contribution < -0.4 is 10.1 Å². The molecule has 3 aromatic heterocycles. The van der Waals surface area contributed by atoms with Gasteiger partial charge < -0.3 is 14.5 Å². The summed E-state index contributed by atoms with van der Waals surface area (Å²) < 4.78 is 25.8. The third-order valence-corrected chi connectivity index (χ3v) is 8.23. The van der Waals surface area contributed by atoms with E-state index in [1.54, 1.807) is 36.8 Å². The van der Waals surface area contributed by atoms with Crippen LogP contribution in [-0.2, 0) is 12.1 Å². The Morgan fingerprint density at radius 1 is 0.978 bits per heavy atom. The van der Waals surface area contributed by atoms with Gasteiger partial charge >= 0.3 is 0 Å². The number of fused-ring (bicyclic) bond motifs is 1. The first-order valence-electron chi connectivity index (χ1n) is 14.6. The summed E-state index contributed by atoms with van der Waals surface area (Å²) in [7, 11) is 0. The van der Waals surface area contributed by atoms with E-state index in [-0.39, 0.29) is 18.3 Å². The van der Waals surface area contributed by atoms with Gasteiger partial charge in [0.2, 0.25) is 0 Å². The fourth-order valence-electron chi connectivity index (χ4n) is 5.65. The fraction of sp³-hybridized carbons (Fsp3) is 0.135. The zero-order valence-corrected chi connectivity index (χ0v) is 24.4. The van der Waals surface area contributed by atoms with Crippen molar-refractivity contribution >= 4 is 23.2 Å². The molecule has 0 bridgehead atoms. The molecule has 222 valence electrons. The van der Waals surface area contributed by atoms with Crippen LogP contribution in [0.15, 0.2) is 108 Å². The van der Waals surface area contributed by atoms with E-state index in [0.29, 0.717) is 39.2 Å². The Hall–Kier alpha value is -5.63. The van der Waals surface area contributed by atoms with Crippen LogP contribution in [0.1, 0.15) is 50.4 Å². The first kappa shape index (κ1) is 28.2. The molecule has 0 spiro atoms. The molecule has 6 aromatic rings. The maximum Gasteiger partial charge on any atom is 0.255 e. The number of carbonyl (C=O) groups excluding carboxylic acids is 2. The van der Waals surface area contributed by atoms with Gasteiger partial charge in [-0.25, -0.2) is 4.39 Å². The molecule has 0 radical (unpaired) electrons. The van der Waals surface area contributed by atoms with Crippen molar-refractivity contribution in [3.8, 4) is 28.2 Å². The van der Waals surface area contributed by atoms with Crippen molar-refractivity contribution in [2.24, 2.45) is 0 Å². The predicted molar refractivity (Wildman–Crippen MR) is 168 cm³/mol. The second-order valence-corrected chi connectivity index (χ2v) is 11.2. The standard InChI is InChI=1S/C37H28FN3O4/c1-23-18-33(44-22-24-11-16-39-17-12-24)30(36(43)41-37(13-14-37)34-4-2-3-15-40-34)20-28(23)26-7-10-32-29(19-26)31(21-42)35(45-32)25-5-8-27(38)9-6-25/h2-12,15-21H,13-14,22H2,1H3,(H,41,43). The van der Waals surface area contributed by atoms with Gasteiger partial charge in [0.25, 0.3) is 5.91 Å². The highest BCUT2D eigenvalue weighted by Crippen LogP contribution is 2.45. The van der Waals surface area contributed by atoms with E-state index in [2.05, 4.69) is 15.3 Å². The Balaban J connectivity index is 1.29. The van der Waals surface area contributed by atoms with Crippen LogP contribution in [0, 0.1) is 12.7 Å². The molecule has 1 aliphatic carbocycles. The summed E-state index contributed by atoms with van der Waals surface area (Å²) in [4.78, 5) is 34.8. The van der Waals surface area contributed by atoms with E-state index in [0.717, 1.165) is 47.1 Å². The zero-order valence-electron chi connectivity index (χ0n) is 24.4. The number of nitrogens with zero attached hydrogens (tertiary/aromatic N) is 2. The quantitative estimate of drug-likeness (QED) is 0.171. The fourth-order valence-corrected chi connectivity index (χ4v) is 5.65. The average Bonchev–Trinajstić information content (AvgIpc) is 3.76. The molecule has 0 atom stereocenters. The Morgan fingerprint density at radius 3 is 2.47 bits per heavy atom. The van der Waals surface area contributed by atoms with Crippen molar-refractivity contribution in [1.29, 1.82) is 0 Å². The molecule has 0 unspecified atom stereocenters. The number of halogens is 1. The number of hydrogen-bond donors (Lipinski definition) is 1. The summed E-state index contributed by atoms with van der Waals surface area (Å²) in [5.41, 5.74) is 5.62. The van der Waals surface area contributed by atoms with Crippen molar-refractivity contribution < 1.29 is 23.1 Å². The summed E-state index contributed by atoms with van der Waals surface area (Å²) >= 11 is 0. The predicted octanol–water partition coefficient (Wildman–Crippen LogP) is 7.81. The number of furan rings is 1. The molecule has 1 amide bonds. The monoisotopic (exact) mass is 597 g/mol. The van der Waals surface area contributed by atoms with Crippen LogP contribution in [0.25, 0.3) is 33.4 Å². The maximum absolute atomic E-state index is 14.0. The Morgan fingerprint density at radius 2 is 1.76 bits per heavy atom. The molecule has 1 N–H and O–H groups in total. The minimum Gasteiger partial charge on any atom is -0.488 e. The van der Waals surface area contributed by atoms with Gasteiger partial charge in [-0.05, 0) is 115 Å². The molecular weight excluding hydrogens is 569 g/mol. The van der Waals surface area contributed by atoms with E-state index in [9.17, 15) is 14.0 Å². The number of amides is 1. The van der Waals surface area contributed by atoms with Gasteiger partial charge in [0, 0.05) is 29.5 Å². The molecule has 3 heterocycles. The number of hydrogen-bond acceptors (Lipinski definition) is 6. The first-order valence-corrected chi connectivity index (χ1v) is 14.6. The molecule has 1 saturated carbocycles. The average molecular weight is 598 g/mol. The van der Waals surface area contributed by atoms with Gasteiger partial charge in [-0.2, -0.15) is 0 Å². The lowest BCUT2D eigenvalue weighted by atomic mass is 9.95. The van der Waals surface area contributed by atoms with Gasteiger partial charge in [0.05, 0.1) is 22.4 Å². The lowest BCUT2D eigenvalue weighted by Gasteiger charge is -2.20. The van der Waals surface area contributed by atoms with Crippen molar-refractivity contribution in [3.05, 3.63) is 137 Å². The number of benzene rings is 3. The number of pyridine rings is 2. The molecule has 0 saturated heterocycles. The maximum atomic E-state index is 14.0. The number of aryl methyl sites for hydroxylation is 1. The van der Waals surface area contributed by atoms with Gasteiger partial charge in [0.1, 0.15) is 29.5 Å². The van der Waals surface area contributed by atoms with Crippen LogP contribution in [0.5, 0.6) is 5.75 Å². The minimum absolute atomic E-state index is 0.263. The Bertz CT molecular complexity index is 2040. The molecule has 8 heteroatoms. The third-order valence-electron chi connectivity index (χ3n) is 8.23. The lowest BCUT2D eigenvalue weighted by Crippen LogP contribution is -2.35. The Labute approximate surface area is 258 Å². The number of nitrogens with one attached hydrogen (secondary N) is 1. The second kappa shape index (κ2) is 11.5. The normalized spacial score (nSPS) is 13.4. The molecule has 0 aliphatic heterocycles. The second-order valence-electron chi connectivity index (χ2n) is 11.2. The van der Waals surface area contributed by atoms with Crippen LogP contribution >= 0.6 is 0 Å². The summed E-state index contributed by atoms with van der Waals surface area (Å²) in [6, 6.07) is 24.6. The smallest absolute Gasteiger partial charge is 0.255 e. The molecule has 3 aromatic carbocycles. The van der Waals surface area contributed by atoms with E-state index in [1.807, 2.05) is 61.5 Å². The van der Waals surface area contributed by atoms with Gasteiger partial charge in [0.15, 0.2) is 6.29 Å². The molecular formula is C37H28FN3O4. The van der Waals surface area contributed by atoms with E-state index in [1.165, 1.54) is 12.1 Å². The summed E-state index contributed by atoms with van der Waals surface area (Å²) in [6.07, 6.45) is 7.48. The van der Waals surface area contributed by atoms with Gasteiger partial charge in [-0.1, -0.05) is 12.1 Å². The van der Waals surface area contributed by atoms with Gasteiger partial charge in [-0.3, -0.25) is 19.6 Å². The molecule has 45 heavy (non-hydrogen) atoms. The van der Waals surface area contributed by atoms with E-state index in [4.69, 9.17) is 9.15 Å². The minimum atomic E-state index is -0.517. The van der Waals surface area contributed by atoms with Crippen molar-refractivity contribution in [3.63, 3.8) is 0 Å². The van der Waals surface area contributed by atoms with E-state index < -0.39 is 5.54 Å². The summed E-state index contributed by atoms with van der Waals surface area (Å²) in [6.45, 7) is 2.22. The number of aldehydes is 1. The highest BCUT2D eigenvalue weighted by Gasteiger charge is 2.47. The highest BCUT2D eigenvalue weighted by atomic mass is 19.1. The number of carbonyl (C=O) groups is 2. The molecule has 7 nitrogen and oxygen atoms in total. The van der Waals surface area contributed by atoms with Crippen LogP contribution in [0.2, 0.25) is 0 Å². The summed E-state index contributed by atoms with van der Waals surface area (Å²) in [5.74, 6) is 0.193. The van der Waals surface area contributed by atoms with Crippen molar-refractivity contribution in [2.45, 2.75) is 31.9 Å². The van der Waals surface area contributed by atoms with Crippen LogP contribution in [0.3, 0.4) is 0 Å². The lowest BCUT2D eigenvalue weighted by molar-refractivity contribution is 0.0925. The number of rotatable bonds is 9. The molecule has 1 aliphatic rings. The SMILES string of the molecule is Cc1cc(OCc2ccncc2)c(C(=O)NC2(c3ccccn3)CC2)cc1-c1ccc2oc(-c3ccc(F)cc3)c(C=O)c2c1. The third kappa shape index (κ3) is 5.47. The van der Waals surface area contributed by atoms with Crippen LogP contribution in [0.4, 0.5) is 4.39 Å². The topological polar surface area (TPSA) is 94.3 Å². The van der Waals surface area contributed by atoms with Crippen molar-refractivity contribution in [2.75, 3.05) is 0 Å². The van der Waals surface area contributed by atoms with Crippen LogP contribution in [-0.4, -0.2) is 22.2 Å². The Kier molecular flexibility index (Phi) is 7.17. The summed E-state index contributed by atoms with van der Waals surface area (Å²) in [5, 5.41) is 3.85. The molecule has 1 fully saturated rings. The zero-order chi connectivity index (χ0) is 31.0. The van der Waals surface area contributed by atoms with Crippen molar-refractivity contribution in [1.82, 2.24) is 15.3 Å². The van der Waals surface area contributed by atoms with E-state index >= 15 is 0 Å². The molecule has 7 rings (SSSR count). The number of aromatic nitrogens is 2. The largest absolute Gasteiger partial charge is 0.488 e. The first-order chi connectivity index (χ1) is 21.9. The number of ether oxygens (including phenoxy) is 1. The van der Waals surface area contributed by atoms with Gasteiger partial charge in [-0.15, -0.1) is 0 Å².